The van der Waals surface area contributed by atoms with Gasteiger partial charge in [-0.25, -0.2) is 8.42 Å². The van der Waals surface area contributed by atoms with E-state index in [9.17, 15) is 13.2 Å². The molecule has 2 fully saturated rings. The van der Waals surface area contributed by atoms with E-state index in [2.05, 4.69) is 4.90 Å². The minimum Gasteiger partial charge on any atom is -0.481 e. The van der Waals surface area contributed by atoms with E-state index >= 15 is 0 Å². The Balaban J connectivity index is 1.87. The Hall–Kier alpha value is -0.620. The van der Waals surface area contributed by atoms with Crippen LogP contribution < -0.4 is 0 Å². The Bertz CT molecular complexity index is 378. The second-order valence-corrected chi connectivity index (χ2v) is 7.03. The third-order valence-electron chi connectivity index (χ3n) is 3.51. The summed E-state index contributed by atoms with van der Waals surface area (Å²) in [5.74, 6) is -0.0171. The summed E-state index contributed by atoms with van der Waals surface area (Å²) >= 11 is 0. The maximum Gasteiger partial charge on any atom is 0.303 e. The first kappa shape index (κ1) is 11.9. The van der Waals surface area contributed by atoms with Crippen LogP contribution in [0.2, 0.25) is 0 Å². The topological polar surface area (TPSA) is 74.7 Å². The number of hydrogen-bond acceptors (Lipinski definition) is 4. The molecule has 0 amide bonds. The molecule has 0 aromatic carbocycles. The predicted molar refractivity (Wildman–Crippen MR) is 59.0 cm³/mol. The summed E-state index contributed by atoms with van der Waals surface area (Å²) in [5.41, 5.74) is 0. The summed E-state index contributed by atoms with van der Waals surface area (Å²) in [7, 11) is -2.83. The molecule has 92 valence electrons. The van der Waals surface area contributed by atoms with Crippen LogP contribution >= 0.6 is 0 Å². The van der Waals surface area contributed by atoms with E-state index in [1.54, 1.807) is 0 Å². The maximum atomic E-state index is 11.3. The first-order valence-corrected chi connectivity index (χ1v) is 7.45. The molecule has 2 aliphatic rings. The minimum atomic E-state index is -2.83. The Kier molecular flexibility index (Phi) is 3.21. The number of hydrogen-bond donors (Lipinski definition) is 1. The standard InChI is InChI=1S/C10H17NO4S/c12-10(13)5-8-1-3-11(6-8)9-2-4-16(14,15)7-9/h8-9H,1-7H2,(H,12,13). The minimum absolute atomic E-state index is 0.129. The maximum absolute atomic E-state index is 11.3. The monoisotopic (exact) mass is 247 g/mol. The predicted octanol–water partition coefficient (Wildman–Crippen LogP) is -0.0299. The molecule has 2 aliphatic heterocycles. The molecule has 0 saturated carbocycles. The molecule has 0 bridgehead atoms. The summed E-state index contributed by atoms with van der Waals surface area (Å²) in [6.45, 7) is 1.59. The molecule has 0 spiro atoms. The first-order chi connectivity index (χ1) is 7.46. The largest absolute Gasteiger partial charge is 0.481 e. The van der Waals surface area contributed by atoms with Gasteiger partial charge in [0.15, 0.2) is 9.84 Å². The van der Waals surface area contributed by atoms with E-state index < -0.39 is 15.8 Å². The number of aliphatic carboxylic acids is 1. The fraction of sp³-hybridized carbons (Fsp3) is 0.900. The zero-order valence-electron chi connectivity index (χ0n) is 9.13. The van der Waals surface area contributed by atoms with Crippen LogP contribution in [-0.4, -0.2) is 55.0 Å². The molecule has 2 rings (SSSR count). The average Bonchev–Trinajstić information content (AvgIpc) is 2.71. The summed E-state index contributed by atoms with van der Waals surface area (Å²) in [6.07, 6.45) is 1.79. The van der Waals surface area contributed by atoms with Gasteiger partial charge in [0.05, 0.1) is 11.5 Å². The number of rotatable bonds is 3. The number of nitrogens with zero attached hydrogens (tertiary/aromatic N) is 1. The number of sulfone groups is 1. The van der Waals surface area contributed by atoms with E-state index in [0.717, 1.165) is 19.5 Å². The highest BCUT2D eigenvalue weighted by Gasteiger charge is 2.36. The van der Waals surface area contributed by atoms with E-state index in [-0.39, 0.29) is 29.9 Å². The fourth-order valence-corrected chi connectivity index (χ4v) is 4.43. The van der Waals surface area contributed by atoms with Gasteiger partial charge in [-0.15, -0.1) is 0 Å². The summed E-state index contributed by atoms with van der Waals surface area (Å²) < 4.78 is 22.7. The van der Waals surface area contributed by atoms with Gasteiger partial charge in [0.2, 0.25) is 0 Å². The highest BCUT2D eigenvalue weighted by atomic mass is 32.2. The quantitative estimate of drug-likeness (QED) is 0.758. The van der Waals surface area contributed by atoms with Crippen molar-refractivity contribution in [3.8, 4) is 0 Å². The molecule has 16 heavy (non-hydrogen) atoms. The molecule has 2 atom stereocenters. The van der Waals surface area contributed by atoms with Crippen LogP contribution in [0.25, 0.3) is 0 Å². The van der Waals surface area contributed by atoms with Crippen LogP contribution in [0, 0.1) is 5.92 Å². The van der Waals surface area contributed by atoms with Crippen molar-refractivity contribution in [1.82, 2.24) is 4.90 Å². The molecule has 0 aromatic rings. The van der Waals surface area contributed by atoms with Gasteiger partial charge in [0.25, 0.3) is 0 Å². The third kappa shape index (κ3) is 2.74. The van der Waals surface area contributed by atoms with Crippen LogP contribution in [-0.2, 0) is 14.6 Å². The molecule has 1 N–H and O–H groups in total. The van der Waals surface area contributed by atoms with Gasteiger partial charge in [0.1, 0.15) is 0 Å². The van der Waals surface area contributed by atoms with Crippen molar-refractivity contribution in [2.24, 2.45) is 5.92 Å². The van der Waals surface area contributed by atoms with Gasteiger partial charge in [0, 0.05) is 19.0 Å². The van der Waals surface area contributed by atoms with Crippen molar-refractivity contribution in [2.45, 2.75) is 25.3 Å². The molecule has 2 saturated heterocycles. The lowest BCUT2D eigenvalue weighted by molar-refractivity contribution is -0.138. The van der Waals surface area contributed by atoms with E-state index in [1.165, 1.54) is 0 Å². The molecule has 2 heterocycles. The number of carboxylic acids is 1. The molecule has 0 aromatic heterocycles. The molecule has 6 heteroatoms. The van der Waals surface area contributed by atoms with Crippen LogP contribution in [0.1, 0.15) is 19.3 Å². The summed E-state index contributed by atoms with van der Waals surface area (Å²) in [6, 6.07) is 0.129. The van der Waals surface area contributed by atoms with Gasteiger partial charge >= 0.3 is 5.97 Å². The van der Waals surface area contributed by atoms with Crippen molar-refractivity contribution in [2.75, 3.05) is 24.6 Å². The van der Waals surface area contributed by atoms with Crippen LogP contribution in [0.15, 0.2) is 0 Å². The van der Waals surface area contributed by atoms with Gasteiger partial charge in [-0.1, -0.05) is 0 Å². The fourth-order valence-electron chi connectivity index (χ4n) is 2.67. The van der Waals surface area contributed by atoms with Crippen LogP contribution in [0.5, 0.6) is 0 Å². The Labute approximate surface area is 95.4 Å². The molecule has 5 nitrogen and oxygen atoms in total. The Morgan fingerprint density at radius 2 is 2.12 bits per heavy atom. The lowest BCUT2D eigenvalue weighted by atomic mass is 10.1. The molecular formula is C10H17NO4S. The zero-order valence-corrected chi connectivity index (χ0v) is 9.95. The molecule has 0 radical (unpaired) electrons. The SMILES string of the molecule is O=C(O)CC1CCN(C2CCS(=O)(=O)C2)C1. The number of carboxylic acid groups (broad SMARTS) is 1. The average molecular weight is 247 g/mol. The van der Waals surface area contributed by atoms with Crippen molar-refractivity contribution in [3.05, 3.63) is 0 Å². The van der Waals surface area contributed by atoms with Crippen LogP contribution in [0.3, 0.4) is 0 Å². The number of carbonyl (C=O) groups is 1. The molecule has 0 aliphatic carbocycles. The van der Waals surface area contributed by atoms with Gasteiger partial charge in [-0.3, -0.25) is 9.69 Å². The Morgan fingerprint density at radius 1 is 1.38 bits per heavy atom. The highest BCUT2D eigenvalue weighted by Crippen LogP contribution is 2.26. The second-order valence-electron chi connectivity index (χ2n) is 4.80. The van der Waals surface area contributed by atoms with Crippen molar-refractivity contribution in [3.63, 3.8) is 0 Å². The van der Waals surface area contributed by atoms with Gasteiger partial charge in [-0.2, -0.15) is 0 Å². The van der Waals surface area contributed by atoms with E-state index in [4.69, 9.17) is 5.11 Å². The van der Waals surface area contributed by atoms with Crippen molar-refractivity contribution < 1.29 is 18.3 Å². The lowest BCUT2D eigenvalue weighted by Gasteiger charge is -2.22. The van der Waals surface area contributed by atoms with Crippen molar-refractivity contribution in [1.29, 1.82) is 0 Å². The smallest absolute Gasteiger partial charge is 0.303 e. The molecular weight excluding hydrogens is 230 g/mol. The normalized spacial score (nSPS) is 34.2. The first-order valence-electron chi connectivity index (χ1n) is 5.62. The van der Waals surface area contributed by atoms with E-state index in [1.807, 2.05) is 0 Å². The summed E-state index contributed by atoms with van der Waals surface area (Å²) in [5, 5.41) is 8.69. The van der Waals surface area contributed by atoms with E-state index in [0.29, 0.717) is 6.42 Å². The second kappa shape index (κ2) is 4.33. The van der Waals surface area contributed by atoms with Gasteiger partial charge < -0.3 is 5.11 Å². The zero-order chi connectivity index (χ0) is 11.8. The number of likely N-dealkylation sites (tertiary alicyclic amines) is 1. The van der Waals surface area contributed by atoms with Crippen molar-refractivity contribution >= 4 is 15.8 Å². The van der Waals surface area contributed by atoms with Crippen LogP contribution in [0.4, 0.5) is 0 Å². The molecule has 2 unspecified atom stereocenters. The lowest BCUT2D eigenvalue weighted by Crippen LogP contribution is -2.34. The van der Waals surface area contributed by atoms with Gasteiger partial charge in [-0.05, 0) is 25.3 Å². The Morgan fingerprint density at radius 3 is 2.69 bits per heavy atom. The summed E-state index contributed by atoms with van der Waals surface area (Å²) in [4.78, 5) is 12.7. The highest BCUT2D eigenvalue weighted by molar-refractivity contribution is 7.91. The third-order valence-corrected chi connectivity index (χ3v) is 5.26.